The molecule has 1 saturated heterocycles. The average Bonchev–Trinajstić information content (AvgIpc) is 2.50. The van der Waals surface area contributed by atoms with E-state index in [-0.39, 0.29) is 0 Å². The van der Waals surface area contributed by atoms with Crippen LogP contribution in [0.2, 0.25) is 0 Å². The minimum Gasteiger partial charge on any atom is -0.375 e. The van der Waals surface area contributed by atoms with Gasteiger partial charge < -0.3 is 10.1 Å². The lowest BCUT2D eigenvalue weighted by molar-refractivity contribution is 0.0468. The van der Waals surface area contributed by atoms with E-state index in [2.05, 4.69) is 43.4 Å². The fraction of sp³-hybridized carbons (Fsp3) is 0.647. The van der Waals surface area contributed by atoms with E-state index in [9.17, 15) is 0 Å². The van der Waals surface area contributed by atoms with E-state index >= 15 is 0 Å². The van der Waals surface area contributed by atoms with Crippen molar-refractivity contribution in [3.63, 3.8) is 0 Å². The van der Waals surface area contributed by atoms with Crippen molar-refractivity contribution in [2.24, 2.45) is 0 Å². The van der Waals surface area contributed by atoms with E-state index in [0.29, 0.717) is 12.1 Å². The van der Waals surface area contributed by atoms with Gasteiger partial charge in [0.25, 0.3) is 0 Å². The van der Waals surface area contributed by atoms with Gasteiger partial charge in [-0.15, -0.1) is 0 Å². The molecule has 112 valence electrons. The van der Waals surface area contributed by atoms with E-state index in [1.165, 1.54) is 17.5 Å². The second-order valence-electron chi connectivity index (χ2n) is 5.41. The highest BCUT2D eigenvalue weighted by atomic mass is 32.2. The first kappa shape index (κ1) is 15.9. The van der Waals surface area contributed by atoms with Crippen LogP contribution in [0.25, 0.3) is 0 Å². The first-order chi connectivity index (χ1) is 9.85. The molecule has 0 radical (unpaired) electrons. The highest BCUT2D eigenvalue weighted by Crippen LogP contribution is 2.26. The van der Waals surface area contributed by atoms with Crippen LogP contribution in [0.1, 0.15) is 43.9 Å². The second-order valence-corrected chi connectivity index (χ2v) is 6.56. The van der Waals surface area contributed by atoms with Gasteiger partial charge in [-0.3, -0.25) is 0 Å². The third-order valence-electron chi connectivity index (χ3n) is 3.68. The van der Waals surface area contributed by atoms with Crippen molar-refractivity contribution in [2.45, 2.75) is 45.3 Å². The number of thioether (sulfide) groups is 1. The number of rotatable bonds is 7. The number of hydrogen-bond donors (Lipinski definition) is 1. The lowest BCUT2D eigenvalue weighted by Crippen LogP contribution is -2.38. The van der Waals surface area contributed by atoms with E-state index in [1.54, 1.807) is 0 Å². The number of nitrogens with one attached hydrogen (secondary N) is 1. The minimum atomic E-state index is 0.303. The zero-order chi connectivity index (χ0) is 14.2. The topological polar surface area (TPSA) is 21.3 Å². The number of aryl methyl sites for hydroxylation is 1. The van der Waals surface area contributed by atoms with Crippen molar-refractivity contribution < 1.29 is 4.74 Å². The Bertz CT molecular complexity index is 390. The lowest BCUT2D eigenvalue weighted by Gasteiger charge is -2.31. The molecule has 0 amide bonds. The zero-order valence-corrected chi connectivity index (χ0v) is 13.5. The molecule has 0 aliphatic carbocycles. The zero-order valence-electron chi connectivity index (χ0n) is 12.7. The number of ether oxygens (including phenoxy) is 1. The molecule has 0 spiro atoms. The number of benzene rings is 1. The van der Waals surface area contributed by atoms with Crippen molar-refractivity contribution >= 4 is 11.8 Å². The molecule has 1 aromatic rings. The summed E-state index contributed by atoms with van der Waals surface area (Å²) in [4.78, 5) is 0. The molecular weight excluding hydrogens is 266 g/mol. The standard InChI is InChI=1S/C17H27NOS/c1-3-6-14-7-5-8-15(12-14)17(18-9-4-2)16-13-20-11-10-19-16/h5,7-8,12,16-18H,3-4,6,9-11,13H2,1-2H3. The molecule has 1 heterocycles. The lowest BCUT2D eigenvalue weighted by atomic mass is 9.98. The molecule has 1 N–H and O–H groups in total. The molecule has 1 fully saturated rings. The van der Waals surface area contributed by atoms with Crippen LogP contribution in [0, 0.1) is 0 Å². The van der Waals surface area contributed by atoms with E-state index in [1.807, 2.05) is 11.8 Å². The normalized spacial score (nSPS) is 20.8. The first-order valence-electron chi connectivity index (χ1n) is 7.86. The third-order valence-corrected chi connectivity index (χ3v) is 4.70. The van der Waals surface area contributed by atoms with Gasteiger partial charge in [0, 0.05) is 11.5 Å². The van der Waals surface area contributed by atoms with Crippen LogP contribution in [0.3, 0.4) is 0 Å². The molecular formula is C17H27NOS. The molecule has 20 heavy (non-hydrogen) atoms. The van der Waals surface area contributed by atoms with Crippen LogP contribution in [-0.4, -0.2) is 30.8 Å². The SMILES string of the molecule is CCCNC(c1cccc(CCC)c1)C1CSCCO1. The Hall–Kier alpha value is -0.510. The Morgan fingerprint density at radius 2 is 2.25 bits per heavy atom. The summed E-state index contributed by atoms with van der Waals surface area (Å²) in [7, 11) is 0. The summed E-state index contributed by atoms with van der Waals surface area (Å²) >= 11 is 2.01. The highest BCUT2D eigenvalue weighted by Gasteiger charge is 2.25. The van der Waals surface area contributed by atoms with Gasteiger partial charge in [0.05, 0.1) is 18.8 Å². The molecule has 2 nitrogen and oxygen atoms in total. The second kappa shape index (κ2) is 8.71. The van der Waals surface area contributed by atoms with Crippen LogP contribution in [-0.2, 0) is 11.2 Å². The van der Waals surface area contributed by atoms with Crippen molar-refractivity contribution in [1.29, 1.82) is 0 Å². The van der Waals surface area contributed by atoms with Crippen molar-refractivity contribution in [1.82, 2.24) is 5.32 Å². The predicted molar refractivity (Wildman–Crippen MR) is 88.5 cm³/mol. The highest BCUT2D eigenvalue weighted by molar-refractivity contribution is 7.99. The predicted octanol–water partition coefficient (Wildman–Crippen LogP) is 3.81. The largest absolute Gasteiger partial charge is 0.375 e. The van der Waals surface area contributed by atoms with Gasteiger partial charge >= 0.3 is 0 Å². The summed E-state index contributed by atoms with van der Waals surface area (Å²) in [6, 6.07) is 9.37. The Kier molecular flexibility index (Phi) is 6.91. The molecule has 1 aliphatic rings. The molecule has 0 bridgehead atoms. The molecule has 2 atom stereocenters. The molecule has 0 saturated carbocycles. The van der Waals surface area contributed by atoms with Crippen molar-refractivity contribution in [3.05, 3.63) is 35.4 Å². The summed E-state index contributed by atoms with van der Waals surface area (Å²) < 4.78 is 6.01. The Balaban J connectivity index is 2.13. The molecule has 3 heteroatoms. The smallest absolute Gasteiger partial charge is 0.0860 e. The maximum absolute atomic E-state index is 6.01. The van der Waals surface area contributed by atoms with Crippen molar-refractivity contribution in [2.75, 3.05) is 24.7 Å². The molecule has 0 aromatic heterocycles. The molecule has 2 unspecified atom stereocenters. The fourth-order valence-electron chi connectivity index (χ4n) is 2.69. The Labute approximate surface area is 127 Å². The van der Waals surface area contributed by atoms with E-state index < -0.39 is 0 Å². The van der Waals surface area contributed by atoms with Crippen LogP contribution in [0.4, 0.5) is 0 Å². The monoisotopic (exact) mass is 293 g/mol. The fourth-order valence-corrected chi connectivity index (χ4v) is 3.59. The summed E-state index contributed by atoms with van der Waals surface area (Å²) in [5.74, 6) is 2.23. The maximum Gasteiger partial charge on any atom is 0.0860 e. The summed E-state index contributed by atoms with van der Waals surface area (Å²) in [5, 5.41) is 3.69. The minimum absolute atomic E-state index is 0.303. The maximum atomic E-state index is 6.01. The van der Waals surface area contributed by atoms with E-state index in [4.69, 9.17) is 4.74 Å². The quantitative estimate of drug-likeness (QED) is 0.826. The van der Waals surface area contributed by atoms with Crippen LogP contribution >= 0.6 is 11.8 Å². The van der Waals surface area contributed by atoms with Gasteiger partial charge in [0.15, 0.2) is 0 Å². The molecule has 2 rings (SSSR count). The first-order valence-corrected chi connectivity index (χ1v) is 9.02. The van der Waals surface area contributed by atoms with Gasteiger partial charge in [0.1, 0.15) is 0 Å². The van der Waals surface area contributed by atoms with Gasteiger partial charge in [-0.1, -0.05) is 44.5 Å². The third kappa shape index (κ3) is 4.51. The summed E-state index contributed by atoms with van der Waals surface area (Å²) in [6.07, 6.45) is 3.82. The molecule has 1 aliphatic heterocycles. The van der Waals surface area contributed by atoms with Crippen molar-refractivity contribution in [3.8, 4) is 0 Å². The van der Waals surface area contributed by atoms with Gasteiger partial charge in [-0.05, 0) is 30.5 Å². The summed E-state index contributed by atoms with van der Waals surface area (Å²) in [5.41, 5.74) is 2.83. The van der Waals surface area contributed by atoms with Crippen LogP contribution in [0.5, 0.6) is 0 Å². The Morgan fingerprint density at radius 3 is 2.95 bits per heavy atom. The van der Waals surface area contributed by atoms with E-state index in [0.717, 1.165) is 37.5 Å². The van der Waals surface area contributed by atoms with Crippen LogP contribution in [0.15, 0.2) is 24.3 Å². The number of hydrogen-bond acceptors (Lipinski definition) is 3. The average molecular weight is 293 g/mol. The Morgan fingerprint density at radius 1 is 1.35 bits per heavy atom. The van der Waals surface area contributed by atoms with Gasteiger partial charge in [-0.25, -0.2) is 0 Å². The van der Waals surface area contributed by atoms with Crippen LogP contribution < -0.4 is 5.32 Å². The van der Waals surface area contributed by atoms with Gasteiger partial charge in [-0.2, -0.15) is 11.8 Å². The summed E-state index contributed by atoms with van der Waals surface area (Å²) in [6.45, 7) is 6.38. The van der Waals surface area contributed by atoms with Gasteiger partial charge in [0.2, 0.25) is 0 Å². The molecule has 1 aromatic carbocycles.